The van der Waals surface area contributed by atoms with Crippen molar-refractivity contribution in [2.75, 3.05) is 10.0 Å². The van der Waals surface area contributed by atoms with Gasteiger partial charge in [0.1, 0.15) is 0 Å². The highest BCUT2D eigenvalue weighted by atomic mass is 32.2. The summed E-state index contributed by atoms with van der Waals surface area (Å²) >= 11 is 0. The number of anilines is 2. The van der Waals surface area contributed by atoms with Gasteiger partial charge >= 0.3 is 0 Å². The van der Waals surface area contributed by atoms with E-state index in [2.05, 4.69) is 10.0 Å². The molecule has 3 aromatic carbocycles. The zero-order valence-corrected chi connectivity index (χ0v) is 18.7. The van der Waals surface area contributed by atoms with Gasteiger partial charge < -0.3 is 14.8 Å². The molecule has 1 aliphatic heterocycles. The monoisotopic (exact) mass is 464 g/mol. The van der Waals surface area contributed by atoms with E-state index in [4.69, 9.17) is 9.47 Å². The summed E-state index contributed by atoms with van der Waals surface area (Å²) in [5.41, 5.74) is 1.37. The van der Waals surface area contributed by atoms with E-state index in [9.17, 15) is 13.2 Å². The first-order valence-corrected chi connectivity index (χ1v) is 12.4. The Kier molecular flexibility index (Phi) is 5.46. The summed E-state index contributed by atoms with van der Waals surface area (Å²) in [5, 5.41) is 2.86. The first-order valence-electron chi connectivity index (χ1n) is 10.9. The van der Waals surface area contributed by atoms with Crippen LogP contribution >= 0.6 is 0 Å². The van der Waals surface area contributed by atoms with Crippen LogP contribution in [-0.2, 0) is 10.0 Å². The fourth-order valence-electron chi connectivity index (χ4n) is 4.17. The molecule has 7 nitrogen and oxygen atoms in total. The summed E-state index contributed by atoms with van der Waals surface area (Å²) in [5.74, 6) is 0.468. The second kappa shape index (κ2) is 8.44. The Morgan fingerprint density at radius 3 is 2.18 bits per heavy atom. The largest absolute Gasteiger partial charge is 0.448 e. The van der Waals surface area contributed by atoms with Gasteiger partial charge in [-0.3, -0.25) is 9.52 Å². The van der Waals surface area contributed by atoms with Crippen molar-refractivity contribution in [1.29, 1.82) is 0 Å². The van der Waals surface area contributed by atoms with E-state index in [0.717, 1.165) is 25.7 Å². The zero-order chi connectivity index (χ0) is 22.9. The number of benzene rings is 3. The minimum Gasteiger partial charge on any atom is -0.448 e. The Balaban J connectivity index is 1.24. The Hall–Kier alpha value is -3.52. The number of carbonyl (C=O) groups is 1. The average molecular weight is 465 g/mol. The number of hydrogen-bond acceptors (Lipinski definition) is 5. The molecule has 1 heterocycles. The van der Waals surface area contributed by atoms with Crippen molar-refractivity contribution >= 4 is 27.3 Å². The van der Waals surface area contributed by atoms with Crippen LogP contribution in [0.15, 0.2) is 77.7 Å². The minimum absolute atomic E-state index is 0.171. The number of sulfonamides is 1. The average Bonchev–Trinajstić information content (AvgIpc) is 3.16. The van der Waals surface area contributed by atoms with Gasteiger partial charge in [0.15, 0.2) is 11.5 Å². The molecule has 0 aromatic heterocycles. The van der Waals surface area contributed by atoms with Crippen LogP contribution in [0.1, 0.15) is 42.5 Å². The highest BCUT2D eigenvalue weighted by molar-refractivity contribution is 7.92. The summed E-state index contributed by atoms with van der Waals surface area (Å²) in [6.07, 6.45) is 5.08. The summed E-state index contributed by atoms with van der Waals surface area (Å²) in [6.45, 7) is 0. The Bertz CT molecular complexity index is 1270. The maximum atomic E-state index is 12.7. The SMILES string of the molecule is O=C(Nc1ccc2c(c1)OC1(CCCCC1)O2)c1ccc(NS(=O)(=O)c2ccccc2)cc1. The molecule has 8 heteroatoms. The van der Waals surface area contributed by atoms with Gasteiger partial charge in [0, 0.05) is 35.8 Å². The molecule has 1 fully saturated rings. The van der Waals surface area contributed by atoms with Gasteiger partial charge in [0.25, 0.3) is 21.7 Å². The number of rotatable bonds is 5. The lowest BCUT2D eigenvalue weighted by atomic mass is 9.94. The van der Waals surface area contributed by atoms with Gasteiger partial charge in [-0.2, -0.15) is 0 Å². The standard InChI is InChI=1S/C25H24N2O5S/c28-24(18-9-11-19(12-10-18)27-33(29,30)21-7-3-1-4-8-21)26-20-13-14-22-23(17-20)32-25(31-22)15-5-2-6-16-25/h1,3-4,7-14,17,27H,2,5-6,15-16H2,(H,26,28). The summed E-state index contributed by atoms with van der Waals surface area (Å²) in [4.78, 5) is 12.9. The zero-order valence-electron chi connectivity index (χ0n) is 17.9. The van der Waals surface area contributed by atoms with E-state index < -0.39 is 15.8 Å². The van der Waals surface area contributed by atoms with Gasteiger partial charge in [0.05, 0.1) is 4.90 Å². The lowest BCUT2D eigenvalue weighted by Gasteiger charge is -2.31. The van der Waals surface area contributed by atoms with Crippen molar-refractivity contribution in [3.05, 3.63) is 78.4 Å². The molecule has 2 aliphatic rings. The first-order chi connectivity index (χ1) is 15.9. The van der Waals surface area contributed by atoms with Crippen LogP contribution in [0.2, 0.25) is 0 Å². The fourth-order valence-corrected chi connectivity index (χ4v) is 5.25. The Labute approximate surface area is 192 Å². The molecule has 5 rings (SSSR count). The third-order valence-electron chi connectivity index (χ3n) is 5.86. The quantitative estimate of drug-likeness (QED) is 0.543. The van der Waals surface area contributed by atoms with Crippen LogP contribution in [0.4, 0.5) is 11.4 Å². The van der Waals surface area contributed by atoms with Gasteiger partial charge in [-0.15, -0.1) is 0 Å². The maximum Gasteiger partial charge on any atom is 0.261 e. The molecule has 0 radical (unpaired) electrons. The first kappa shape index (κ1) is 21.3. The second-order valence-corrected chi connectivity index (χ2v) is 9.97. The van der Waals surface area contributed by atoms with Crippen LogP contribution in [0.5, 0.6) is 11.5 Å². The lowest BCUT2D eigenvalue weighted by Crippen LogP contribution is -2.40. The van der Waals surface area contributed by atoms with E-state index in [0.29, 0.717) is 28.4 Å². The predicted octanol–water partition coefficient (Wildman–Crippen LogP) is 5.17. The number of carbonyl (C=O) groups excluding carboxylic acids is 1. The summed E-state index contributed by atoms with van der Waals surface area (Å²) in [7, 11) is -3.69. The highest BCUT2D eigenvalue weighted by Crippen LogP contribution is 2.46. The molecular formula is C25H24N2O5S. The molecule has 0 atom stereocenters. The molecule has 2 N–H and O–H groups in total. The molecule has 0 unspecified atom stereocenters. The van der Waals surface area contributed by atoms with Crippen LogP contribution in [0.25, 0.3) is 0 Å². The predicted molar refractivity (Wildman–Crippen MR) is 125 cm³/mol. The molecule has 1 aliphatic carbocycles. The van der Waals surface area contributed by atoms with Crippen LogP contribution in [0.3, 0.4) is 0 Å². The van der Waals surface area contributed by atoms with E-state index >= 15 is 0 Å². The molecule has 0 saturated heterocycles. The number of fused-ring (bicyclic) bond motifs is 1. The van der Waals surface area contributed by atoms with E-state index in [1.165, 1.54) is 18.6 Å². The molecule has 0 bridgehead atoms. The Morgan fingerprint density at radius 1 is 0.788 bits per heavy atom. The number of hydrogen-bond donors (Lipinski definition) is 2. The smallest absolute Gasteiger partial charge is 0.261 e. The fraction of sp³-hybridized carbons (Fsp3) is 0.240. The molecular weight excluding hydrogens is 440 g/mol. The van der Waals surface area contributed by atoms with Crippen molar-refractivity contribution < 1.29 is 22.7 Å². The van der Waals surface area contributed by atoms with Crippen molar-refractivity contribution in [2.24, 2.45) is 0 Å². The molecule has 1 saturated carbocycles. The summed E-state index contributed by atoms with van der Waals surface area (Å²) < 4.78 is 39.6. The van der Waals surface area contributed by atoms with Gasteiger partial charge in [0.2, 0.25) is 0 Å². The molecule has 33 heavy (non-hydrogen) atoms. The maximum absolute atomic E-state index is 12.7. The molecule has 170 valence electrons. The van der Waals surface area contributed by atoms with Gasteiger partial charge in [-0.25, -0.2) is 8.42 Å². The van der Waals surface area contributed by atoms with Gasteiger partial charge in [-0.05, 0) is 61.4 Å². The molecule has 3 aromatic rings. The highest BCUT2D eigenvalue weighted by Gasteiger charge is 2.42. The van der Waals surface area contributed by atoms with Crippen LogP contribution < -0.4 is 19.5 Å². The number of ether oxygens (including phenoxy) is 2. The number of nitrogens with one attached hydrogen (secondary N) is 2. The van der Waals surface area contributed by atoms with Crippen LogP contribution in [-0.4, -0.2) is 20.1 Å². The van der Waals surface area contributed by atoms with Crippen molar-refractivity contribution in [3.63, 3.8) is 0 Å². The summed E-state index contributed by atoms with van der Waals surface area (Å²) in [6, 6.07) is 19.7. The molecule has 1 spiro atoms. The van der Waals surface area contributed by atoms with Crippen molar-refractivity contribution in [3.8, 4) is 11.5 Å². The van der Waals surface area contributed by atoms with E-state index in [1.807, 2.05) is 6.07 Å². The van der Waals surface area contributed by atoms with Crippen molar-refractivity contribution in [2.45, 2.75) is 42.8 Å². The topological polar surface area (TPSA) is 93.7 Å². The third kappa shape index (κ3) is 4.52. The molecule has 1 amide bonds. The Morgan fingerprint density at radius 2 is 1.45 bits per heavy atom. The normalized spacial score (nSPS) is 16.4. The lowest BCUT2D eigenvalue weighted by molar-refractivity contribution is -0.105. The second-order valence-electron chi connectivity index (χ2n) is 8.29. The minimum atomic E-state index is -3.69. The van der Waals surface area contributed by atoms with Gasteiger partial charge in [-0.1, -0.05) is 24.6 Å². The van der Waals surface area contributed by atoms with Crippen LogP contribution in [0, 0.1) is 0 Å². The van der Waals surface area contributed by atoms with E-state index in [1.54, 1.807) is 54.6 Å². The van der Waals surface area contributed by atoms with Crippen molar-refractivity contribution in [1.82, 2.24) is 0 Å². The third-order valence-corrected chi connectivity index (χ3v) is 7.26. The number of amides is 1. The van der Waals surface area contributed by atoms with E-state index in [-0.39, 0.29) is 10.8 Å².